The Morgan fingerprint density at radius 1 is 1.15 bits per heavy atom. The second-order valence-electron chi connectivity index (χ2n) is 5.89. The van der Waals surface area contributed by atoms with Crippen molar-refractivity contribution in [3.8, 4) is 5.75 Å². The smallest absolute Gasteiger partial charge is 0.263 e. The number of fused-ring (bicyclic) bond motifs is 1. The van der Waals surface area contributed by atoms with E-state index in [4.69, 9.17) is 4.74 Å². The molecule has 0 N–H and O–H groups in total. The molecular formula is C17H23NO2. The van der Waals surface area contributed by atoms with Crippen LogP contribution >= 0.6 is 0 Å². The third-order valence-electron chi connectivity index (χ3n) is 4.42. The van der Waals surface area contributed by atoms with Gasteiger partial charge in [0.15, 0.2) is 6.10 Å². The predicted molar refractivity (Wildman–Crippen MR) is 79.0 cm³/mol. The van der Waals surface area contributed by atoms with Crippen molar-refractivity contribution in [3.05, 3.63) is 29.3 Å². The summed E-state index contributed by atoms with van der Waals surface area (Å²) in [5.74, 6) is 1.05. The van der Waals surface area contributed by atoms with Crippen molar-refractivity contribution in [2.45, 2.75) is 51.6 Å². The second kappa shape index (κ2) is 5.86. The molecule has 0 spiro atoms. The van der Waals surface area contributed by atoms with Crippen molar-refractivity contribution >= 4 is 5.91 Å². The molecule has 20 heavy (non-hydrogen) atoms. The number of carbonyl (C=O) groups excluding carboxylic acids is 1. The third-order valence-corrected chi connectivity index (χ3v) is 4.42. The summed E-state index contributed by atoms with van der Waals surface area (Å²) >= 11 is 0. The summed E-state index contributed by atoms with van der Waals surface area (Å²) in [6.45, 7) is 3.65. The minimum absolute atomic E-state index is 0.135. The first-order valence-corrected chi connectivity index (χ1v) is 7.82. The van der Waals surface area contributed by atoms with Crippen LogP contribution in [0.2, 0.25) is 0 Å². The molecule has 1 heterocycles. The summed E-state index contributed by atoms with van der Waals surface area (Å²) in [6.07, 6.45) is 6.58. The van der Waals surface area contributed by atoms with Gasteiger partial charge in [-0.15, -0.1) is 0 Å². The summed E-state index contributed by atoms with van der Waals surface area (Å²) in [5, 5.41) is 0. The van der Waals surface area contributed by atoms with E-state index in [0.717, 1.165) is 44.5 Å². The first-order valence-electron chi connectivity index (χ1n) is 7.82. The van der Waals surface area contributed by atoms with E-state index >= 15 is 0 Å². The fraction of sp³-hybridized carbons (Fsp3) is 0.588. The molecule has 1 aliphatic heterocycles. The molecule has 1 aliphatic carbocycles. The number of aryl methyl sites for hydroxylation is 1. The van der Waals surface area contributed by atoms with Crippen LogP contribution in [0.4, 0.5) is 0 Å². The first kappa shape index (κ1) is 13.5. The fourth-order valence-corrected chi connectivity index (χ4v) is 3.29. The van der Waals surface area contributed by atoms with Crippen molar-refractivity contribution in [1.29, 1.82) is 0 Å². The van der Waals surface area contributed by atoms with E-state index in [2.05, 4.69) is 6.07 Å². The number of hydrogen-bond acceptors (Lipinski definition) is 2. The SMILES string of the molecule is CC(Oc1cccc2c1CCCC2)C(=O)N1CCCC1. The number of rotatable bonds is 3. The van der Waals surface area contributed by atoms with E-state index in [-0.39, 0.29) is 12.0 Å². The average molecular weight is 273 g/mol. The second-order valence-corrected chi connectivity index (χ2v) is 5.89. The zero-order valence-corrected chi connectivity index (χ0v) is 12.2. The summed E-state index contributed by atoms with van der Waals surface area (Å²) in [5.41, 5.74) is 2.72. The van der Waals surface area contributed by atoms with Gasteiger partial charge in [0.05, 0.1) is 0 Å². The molecule has 3 heteroatoms. The van der Waals surface area contributed by atoms with Crippen LogP contribution in [-0.2, 0) is 17.6 Å². The summed E-state index contributed by atoms with van der Waals surface area (Å²) in [4.78, 5) is 14.2. The average Bonchev–Trinajstić information content (AvgIpc) is 3.01. The van der Waals surface area contributed by atoms with Crippen LogP contribution in [0.25, 0.3) is 0 Å². The largest absolute Gasteiger partial charge is 0.481 e. The van der Waals surface area contributed by atoms with Crippen molar-refractivity contribution in [3.63, 3.8) is 0 Å². The van der Waals surface area contributed by atoms with Gasteiger partial charge in [-0.05, 0) is 62.6 Å². The van der Waals surface area contributed by atoms with Crippen molar-refractivity contribution < 1.29 is 9.53 Å². The highest BCUT2D eigenvalue weighted by Crippen LogP contribution is 2.30. The van der Waals surface area contributed by atoms with Crippen LogP contribution in [-0.4, -0.2) is 30.0 Å². The van der Waals surface area contributed by atoms with E-state index in [1.54, 1.807) is 0 Å². The maximum Gasteiger partial charge on any atom is 0.263 e. The van der Waals surface area contributed by atoms with Gasteiger partial charge in [0.1, 0.15) is 5.75 Å². The number of benzene rings is 1. The van der Waals surface area contributed by atoms with Gasteiger partial charge in [0, 0.05) is 13.1 Å². The van der Waals surface area contributed by atoms with Crippen LogP contribution in [0.15, 0.2) is 18.2 Å². The summed E-state index contributed by atoms with van der Waals surface area (Å²) < 4.78 is 6.00. The molecule has 1 atom stereocenters. The van der Waals surface area contributed by atoms with Crippen LogP contribution in [0.1, 0.15) is 43.7 Å². The number of likely N-dealkylation sites (tertiary alicyclic amines) is 1. The molecule has 1 fully saturated rings. The van der Waals surface area contributed by atoms with E-state index < -0.39 is 0 Å². The number of hydrogen-bond donors (Lipinski definition) is 0. The third kappa shape index (κ3) is 2.67. The van der Waals surface area contributed by atoms with E-state index in [0.29, 0.717) is 0 Å². The molecule has 2 aliphatic rings. The number of ether oxygens (including phenoxy) is 1. The van der Waals surface area contributed by atoms with Crippen molar-refractivity contribution in [1.82, 2.24) is 4.90 Å². The van der Waals surface area contributed by atoms with Gasteiger partial charge in [-0.3, -0.25) is 4.79 Å². The Kier molecular flexibility index (Phi) is 3.95. The highest BCUT2D eigenvalue weighted by atomic mass is 16.5. The van der Waals surface area contributed by atoms with Crippen LogP contribution < -0.4 is 4.74 Å². The molecule has 0 radical (unpaired) electrons. The van der Waals surface area contributed by atoms with E-state index in [1.165, 1.54) is 24.0 Å². The fourth-order valence-electron chi connectivity index (χ4n) is 3.29. The van der Waals surface area contributed by atoms with Crippen LogP contribution in [0, 0.1) is 0 Å². The zero-order chi connectivity index (χ0) is 13.9. The highest BCUT2D eigenvalue weighted by Gasteiger charge is 2.25. The molecule has 0 saturated carbocycles. The lowest BCUT2D eigenvalue weighted by Gasteiger charge is -2.24. The standard InChI is InChI=1S/C17H23NO2/c1-13(17(19)18-11-4-5-12-18)20-16-10-6-8-14-7-2-3-9-15(14)16/h6,8,10,13H,2-5,7,9,11-12H2,1H3. The monoisotopic (exact) mass is 273 g/mol. The van der Waals surface area contributed by atoms with Gasteiger partial charge in [-0.25, -0.2) is 0 Å². The lowest BCUT2D eigenvalue weighted by atomic mass is 9.91. The van der Waals surface area contributed by atoms with Crippen LogP contribution in [0.3, 0.4) is 0 Å². The van der Waals surface area contributed by atoms with Gasteiger partial charge in [0.2, 0.25) is 0 Å². The maximum absolute atomic E-state index is 12.3. The molecule has 1 aromatic rings. The maximum atomic E-state index is 12.3. The predicted octanol–water partition coefficient (Wildman–Crippen LogP) is 2.96. The minimum Gasteiger partial charge on any atom is -0.481 e. The molecule has 3 nitrogen and oxygen atoms in total. The van der Waals surface area contributed by atoms with Gasteiger partial charge in [-0.1, -0.05) is 12.1 Å². The molecule has 1 saturated heterocycles. The molecule has 0 aromatic heterocycles. The Balaban J connectivity index is 1.72. The number of carbonyl (C=O) groups is 1. The van der Waals surface area contributed by atoms with Crippen molar-refractivity contribution in [2.75, 3.05) is 13.1 Å². The molecule has 0 bridgehead atoms. The Labute approximate surface area is 120 Å². The minimum atomic E-state index is -0.374. The molecular weight excluding hydrogens is 250 g/mol. The lowest BCUT2D eigenvalue weighted by Crippen LogP contribution is -2.38. The zero-order valence-electron chi connectivity index (χ0n) is 12.2. The van der Waals surface area contributed by atoms with Crippen LogP contribution in [0.5, 0.6) is 5.75 Å². The molecule has 1 amide bonds. The van der Waals surface area contributed by atoms with E-state index in [9.17, 15) is 4.79 Å². The number of nitrogens with zero attached hydrogens (tertiary/aromatic N) is 1. The summed E-state index contributed by atoms with van der Waals surface area (Å²) in [7, 11) is 0. The summed E-state index contributed by atoms with van der Waals surface area (Å²) in [6, 6.07) is 6.25. The quantitative estimate of drug-likeness (QED) is 0.847. The van der Waals surface area contributed by atoms with Gasteiger partial charge < -0.3 is 9.64 Å². The molecule has 3 rings (SSSR count). The molecule has 1 unspecified atom stereocenters. The Bertz CT molecular complexity index is 492. The lowest BCUT2D eigenvalue weighted by molar-refractivity contribution is -0.136. The molecule has 108 valence electrons. The van der Waals surface area contributed by atoms with Crippen molar-refractivity contribution in [2.24, 2.45) is 0 Å². The highest BCUT2D eigenvalue weighted by molar-refractivity contribution is 5.81. The first-order chi connectivity index (χ1) is 9.75. The topological polar surface area (TPSA) is 29.5 Å². The van der Waals surface area contributed by atoms with Gasteiger partial charge in [-0.2, -0.15) is 0 Å². The van der Waals surface area contributed by atoms with Gasteiger partial charge in [0.25, 0.3) is 5.91 Å². The Hall–Kier alpha value is -1.51. The molecule has 1 aromatic carbocycles. The number of amides is 1. The Morgan fingerprint density at radius 2 is 1.90 bits per heavy atom. The normalized spacial score (nSPS) is 19.6. The van der Waals surface area contributed by atoms with Gasteiger partial charge >= 0.3 is 0 Å². The van der Waals surface area contributed by atoms with E-state index in [1.807, 2.05) is 24.0 Å². The Morgan fingerprint density at radius 3 is 2.70 bits per heavy atom.